The van der Waals surface area contributed by atoms with Crippen LogP contribution in [-0.4, -0.2) is 10.2 Å². The van der Waals surface area contributed by atoms with Gasteiger partial charge in [-0.05, 0) is 24.8 Å². The monoisotopic (exact) mass is 320 g/mol. The average Bonchev–Trinajstić information content (AvgIpc) is 2.55. The van der Waals surface area contributed by atoms with Gasteiger partial charge in [0.1, 0.15) is 0 Å². The maximum atomic E-state index is 10.2. The molecule has 2 nitrogen and oxygen atoms in total. The normalized spacial score (nSPS) is 11.3. The van der Waals surface area contributed by atoms with Gasteiger partial charge in [0, 0.05) is 5.56 Å². The van der Waals surface area contributed by atoms with Crippen molar-refractivity contribution in [2.45, 2.75) is 96.8 Å². The van der Waals surface area contributed by atoms with Gasteiger partial charge in [-0.1, -0.05) is 90.2 Å². The summed E-state index contributed by atoms with van der Waals surface area (Å²) in [7, 11) is 0. The van der Waals surface area contributed by atoms with Crippen LogP contribution >= 0.6 is 0 Å². The summed E-state index contributed by atoms with van der Waals surface area (Å²) >= 11 is 0. The highest BCUT2D eigenvalue weighted by Crippen LogP contribution is 2.38. The van der Waals surface area contributed by atoms with E-state index < -0.39 is 0 Å². The average molecular weight is 321 g/mol. The Bertz CT molecular complexity index is 400. The molecule has 2 heteroatoms. The summed E-state index contributed by atoms with van der Waals surface area (Å²) in [6, 6.07) is 5.40. The Morgan fingerprint density at radius 2 is 1.26 bits per heavy atom. The summed E-state index contributed by atoms with van der Waals surface area (Å²) in [6.07, 6.45) is 15.0. The molecule has 0 aliphatic heterocycles. The fourth-order valence-corrected chi connectivity index (χ4v) is 3.32. The molecule has 0 amide bonds. The number of benzene rings is 1. The van der Waals surface area contributed by atoms with Crippen LogP contribution in [0.2, 0.25) is 0 Å². The number of aromatic hydroxyl groups is 2. The first kappa shape index (κ1) is 19.9. The van der Waals surface area contributed by atoms with Crippen LogP contribution < -0.4 is 0 Å². The maximum Gasteiger partial charge on any atom is 0.160 e. The molecule has 2 N–H and O–H groups in total. The van der Waals surface area contributed by atoms with Crippen molar-refractivity contribution in [3.05, 3.63) is 23.8 Å². The largest absolute Gasteiger partial charge is 0.504 e. The highest BCUT2D eigenvalue weighted by Gasteiger charge is 2.17. The Balaban J connectivity index is 2.55. The fraction of sp³-hybridized carbons (Fsp3) is 0.714. The summed E-state index contributed by atoms with van der Waals surface area (Å²) < 4.78 is 0. The lowest BCUT2D eigenvalue weighted by Gasteiger charge is -2.19. The van der Waals surface area contributed by atoms with E-state index in [1.54, 1.807) is 6.07 Å². The molecular weight excluding hydrogens is 284 g/mol. The molecule has 1 rings (SSSR count). The zero-order chi connectivity index (χ0) is 16.9. The zero-order valence-corrected chi connectivity index (χ0v) is 15.2. The first-order valence-electron chi connectivity index (χ1n) is 9.71. The van der Waals surface area contributed by atoms with Gasteiger partial charge in [-0.2, -0.15) is 0 Å². The number of unbranched alkanes of at least 4 members (excludes halogenated alkanes) is 8. The number of hydrogen-bond acceptors (Lipinski definition) is 2. The predicted molar refractivity (Wildman–Crippen MR) is 99.3 cm³/mol. The van der Waals surface area contributed by atoms with Gasteiger partial charge in [0.25, 0.3) is 0 Å². The summed E-state index contributed by atoms with van der Waals surface area (Å²) in [4.78, 5) is 0. The lowest BCUT2D eigenvalue weighted by atomic mass is 9.87. The van der Waals surface area contributed by atoms with E-state index >= 15 is 0 Å². The first-order valence-corrected chi connectivity index (χ1v) is 9.71. The molecule has 132 valence electrons. The van der Waals surface area contributed by atoms with Crippen molar-refractivity contribution in [3.63, 3.8) is 0 Å². The number of para-hydroxylation sites is 1. The third-order valence-corrected chi connectivity index (χ3v) is 4.80. The summed E-state index contributed by atoms with van der Waals surface area (Å²) in [6.45, 7) is 4.48. The maximum absolute atomic E-state index is 10.2. The molecule has 0 aliphatic carbocycles. The van der Waals surface area contributed by atoms with Crippen LogP contribution in [0.25, 0.3) is 0 Å². The minimum atomic E-state index is 0.0180. The number of phenols is 2. The molecule has 1 aromatic rings. The summed E-state index contributed by atoms with van der Waals surface area (Å²) in [5.74, 6) is 0.495. The van der Waals surface area contributed by atoms with E-state index in [-0.39, 0.29) is 11.5 Å². The number of rotatable bonds is 13. The topological polar surface area (TPSA) is 40.5 Å². The Morgan fingerprint density at radius 3 is 1.78 bits per heavy atom. The number of phenolic OH excluding ortho intramolecular Hbond substituents is 2. The zero-order valence-electron chi connectivity index (χ0n) is 15.2. The molecule has 0 radical (unpaired) electrons. The van der Waals surface area contributed by atoms with E-state index in [1.807, 2.05) is 12.1 Å². The van der Waals surface area contributed by atoms with E-state index in [9.17, 15) is 10.2 Å². The highest BCUT2D eigenvalue weighted by atomic mass is 16.3. The quantitative estimate of drug-likeness (QED) is 0.306. The van der Waals surface area contributed by atoms with Gasteiger partial charge in [-0.3, -0.25) is 0 Å². The molecule has 0 unspecified atom stereocenters. The second-order valence-electron chi connectivity index (χ2n) is 6.82. The van der Waals surface area contributed by atoms with Crippen LogP contribution in [0.4, 0.5) is 0 Å². The molecular formula is C21H36O2. The third-order valence-electron chi connectivity index (χ3n) is 4.80. The van der Waals surface area contributed by atoms with Gasteiger partial charge in [0.2, 0.25) is 0 Å². The van der Waals surface area contributed by atoms with Crippen molar-refractivity contribution in [3.8, 4) is 11.5 Å². The van der Waals surface area contributed by atoms with Gasteiger partial charge in [-0.25, -0.2) is 0 Å². The van der Waals surface area contributed by atoms with Crippen molar-refractivity contribution < 1.29 is 10.2 Å². The van der Waals surface area contributed by atoms with E-state index in [4.69, 9.17) is 0 Å². The van der Waals surface area contributed by atoms with Crippen molar-refractivity contribution in [1.82, 2.24) is 0 Å². The van der Waals surface area contributed by atoms with Gasteiger partial charge >= 0.3 is 0 Å². The minimum absolute atomic E-state index is 0.0180. The van der Waals surface area contributed by atoms with Crippen LogP contribution in [0.5, 0.6) is 11.5 Å². The lowest BCUT2D eigenvalue weighted by molar-refractivity contribution is 0.389. The van der Waals surface area contributed by atoms with Gasteiger partial charge in [0.15, 0.2) is 11.5 Å². The molecule has 0 saturated carbocycles. The van der Waals surface area contributed by atoms with Crippen molar-refractivity contribution in [1.29, 1.82) is 0 Å². The van der Waals surface area contributed by atoms with Crippen LogP contribution in [0.3, 0.4) is 0 Å². The SMILES string of the molecule is CCCCCCCC(CCCCCCC)c1cccc(O)c1O. The highest BCUT2D eigenvalue weighted by molar-refractivity contribution is 5.46. The van der Waals surface area contributed by atoms with E-state index in [0.717, 1.165) is 18.4 Å². The Kier molecular flexibility index (Phi) is 10.6. The lowest BCUT2D eigenvalue weighted by Crippen LogP contribution is -2.00. The van der Waals surface area contributed by atoms with Gasteiger partial charge in [-0.15, -0.1) is 0 Å². The number of hydrogen-bond donors (Lipinski definition) is 2. The second kappa shape index (κ2) is 12.3. The van der Waals surface area contributed by atoms with Crippen LogP contribution in [0, 0.1) is 0 Å². The Labute approximate surface area is 142 Å². The molecule has 0 heterocycles. The third kappa shape index (κ3) is 7.76. The first-order chi connectivity index (χ1) is 11.2. The van der Waals surface area contributed by atoms with Crippen LogP contribution in [-0.2, 0) is 0 Å². The molecule has 0 aromatic heterocycles. The molecule has 0 bridgehead atoms. The summed E-state index contributed by atoms with van der Waals surface area (Å²) in [5, 5.41) is 20.0. The predicted octanol–water partition coefficient (Wildman–Crippen LogP) is 6.90. The molecule has 0 atom stereocenters. The molecule has 1 aromatic carbocycles. The van der Waals surface area contributed by atoms with Crippen LogP contribution in [0.1, 0.15) is 102 Å². The molecule has 0 spiro atoms. The standard InChI is InChI=1S/C21H36O2/c1-3-5-7-9-11-14-18(15-12-10-8-6-4-2)19-16-13-17-20(22)21(19)23/h13,16-18,22-23H,3-12,14-15H2,1-2H3. The van der Waals surface area contributed by atoms with E-state index in [0.29, 0.717) is 5.92 Å². The van der Waals surface area contributed by atoms with Gasteiger partial charge < -0.3 is 10.2 Å². The van der Waals surface area contributed by atoms with E-state index in [1.165, 1.54) is 64.2 Å². The summed E-state index contributed by atoms with van der Waals surface area (Å²) in [5.41, 5.74) is 0.941. The minimum Gasteiger partial charge on any atom is -0.504 e. The molecule has 23 heavy (non-hydrogen) atoms. The van der Waals surface area contributed by atoms with Crippen LogP contribution in [0.15, 0.2) is 18.2 Å². The smallest absolute Gasteiger partial charge is 0.160 e. The second-order valence-corrected chi connectivity index (χ2v) is 6.82. The Hall–Kier alpha value is -1.18. The van der Waals surface area contributed by atoms with Crippen molar-refractivity contribution in [2.24, 2.45) is 0 Å². The Morgan fingerprint density at radius 1 is 0.739 bits per heavy atom. The van der Waals surface area contributed by atoms with E-state index in [2.05, 4.69) is 13.8 Å². The van der Waals surface area contributed by atoms with Crippen molar-refractivity contribution in [2.75, 3.05) is 0 Å². The molecule has 0 aliphatic rings. The molecule has 0 saturated heterocycles. The van der Waals surface area contributed by atoms with Crippen molar-refractivity contribution >= 4 is 0 Å². The van der Waals surface area contributed by atoms with Gasteiger partial charge in [0.05, 0.1) is 0 Å². The molecule has 0 fully saturated rings. The fourth-order valence-electron chi connectivity index (χ4n) is 3.32.